The van der Waals surface area contributed by atoms with E-state index in [2.05, 4.69) is 5.32 Å². The minimum absolute atomic E-state index is 0.0542. The van der Waals surface area contributed by atoms with E-state index in [4.69, 9.17) is 0 Å². The van der Waals surface area contributed by atoms with Crippen molar-refractivity contribution in [2.75, 3.05) is 13.1 Å². The van der Waals surface area contributed by atoms with Crippen molar-refractivity contribution in [2.45, 2.75) is 43.5 Å². The van der Waals surface area contributed by atoms with Crippen molar-refractivity contribution in [3.8, 4) is 0 Å². The summed E-state index contributed by atoms with van der Waals surface area (Å²) < 4.78 is 41.2. The van der Waals surface area contributed by atoms with Crippen LogP contribution in [0.2, 0.25) is 0 Å². The average Bonchev–Trinajstić information content (AvgIpc) is 2.75. The first-order chi connectivity index (χ1) is 14.3. The van der Waals surface area contributed by atoms with Crippen LogP contribution in [0.1, 0.15) is 42.1 Å². The molecule has 1 amide bonds. The fourth-order valence-electron chi connectivity index (χ4n) is 3.59. The van der Waals surface area contributed by atoms with Crippen LogP contribution >= 0.6 is 0 Å². The zero-order valence-electron chi connectivity index (χ0n) is 16.8. The lowest BCUT2D eigenvalue weighted by Gasteiger charge is -2.33. The van der Waals surface area contributed by atoms with Crippen LogP contribution in [-0.2, 0) is 21.2 Å². The molecular formula is C22H25FN2O4S. The van der Waals surface area contributed by atoms with Gasteiger partial charge in [-0.05, 0) is 49.9 Å². The molecule has 0 aromatic heterocycles. The Morgan fingerprint density at radius 1 is 1.10 bits per heavy atom. The van der Waals surface area contributed by atoms with E-state index >= 15 is 0 Å². The summed E-state index contributed by atoms with van der Waals surface area (Å²) in [7, 11) is -3.88. The van der Waals surface area contributed by atoms with Gasteiger partial charge in [0.2, 0.25) is 15.9 Å². The fourth-order valence-corrected chi connectivity index (χ4v) is 5.25. The second-order valence-corrected chi connectivity index (χ2v) is 9.23. The molecule has 1 N–H and O–H groups in total. The van der Waals surface area contributed by atoms with Gasteiger partial charge in [-0.1, -0.05) is 36.8 Å². The lowest BCUT2D eigenvalue weighted by atomic mass is 10.0. The SMILES string of the molecule is CC(=O)c1ccc(S(=O)(=O)N2CCCCC2C(=O)NCCc2ccccc2F)cc1. The van der Waals surface area contributed by atoms with Gasteiger partial charge in [0.1, 0.15) is 11.9 Å². The topological polar surface area (TPSA) is 83.6 Å². The first kappa shape index (κ1) is 22.1. The second kappa shape index (κ2) is 9.49. The number of hydrogen-bond acceptors (Lipinski definition) is 4. The van der Waals surface area contributed by atoms with Gasteiger partial charge in [-0.3, -0.25) is 9.59 Å². The van der Waals surface area contributed by atoms with E-state index in [0.717, 1.165) is 6.42 Å². The molecule has 0 saturated carbocycles. The number of carbonyl (C=O) groups excluding carboxylic acids is 2. The molecule has 8 heteroatoms. The molecule has 1 aliphatic heterocycles. The number of halogens is 1. The van der Waals surface area contributed by atoms with E-state index in [9.17, 15) is 22.4 Å². The Balaban J connectivity index is 1.71. The van der Waals surface area contributed by atoms with Crippen molar-refractivity contribution in [3.05, 3.63) is 65.5 Å². The zero-order valence-corrected chi connectivity index (χ0v) is 17.6. The summed E-state index contributed by atoms with van der Waals surface area (Å²) in [5.41, 5.74) is 0.923. The van der Waals surface area contributed by atoms with Gasteiger partial charge in [0, 0.05) is 18.7 Å². The van der Waals surface area contributed by atoms with Crippen molar-refractivity contribution in [1.82, 2.24) is 9.62 Å². The monoisotopic (exact) mass is 432 g/mol. The largest absolute Gasteiger partial charge is 0.354 e. The van der Waals surface area contributed by atoms with Gasteiger partial charge in [-0.15, -0.1) is 0 Å². The molecule has 160 valence electrons. The highest BCUT2D eigenvalue weighted by Crippen LogP contribution is 2.26. The van der Waals surface area contributed by atoms with E-state index in [1.54, 1.807) is 18.2 Å². The van der Waals surface area contributed by atoms with Crippen molar-refractivity contribution in [3.63, 3.8) is 0 Å². The van der Waals surface area contributed by atoms with Crippen molar-refractivity contribution in [1.29, 1.82) is 0 Å². The van der Waals surface area contributed by atoms with Crippen LogP contribution in [-0.4, -0.2) is 43.5 Å². The van der Waals surface area contributed by atoms with Crippen LogP contribution in [0.25, 0.3) is 0 Å². The maximum Gasteiger partial charge on any atom is 0.243 e. The highest BCUT2D eigenvalue weighted by molar-refractivity contribution is 7.89. The van der Waals surface area contributed by atoms with E-state index in [-0.39, 0.29) is 35.5 Å². The highest BCUT2D eigenvalue weighted by atomic mass is 32.2. The van der Waals surface area contributed by atoms with E-state index < -0.39 is 16.1 Å². The minimum atomic E-state index is -3.88. The molecule has 0 aliphatic carbocycles. The molecule has 2 aromatic rings. The maximum atomic E-state index is 13.7. The van der Waals surface area contributed by atoms with Crippen molar-refractivity contribution >= 4 is 21.7 Å². The van der Waals surface area contributed by atoms with E-state index in [0.29, 0.717) is 30.4 Å². The van der Waals surface area contributed by atoms with Crippen molar-refractivity contribution < 1.29 is 22.4 Å². The van der Waals surface area contributed by atoms with Crippen molar-refractivity contribution in [2.24, 2.45) is 0 Å². The number of ketones is 1. The first-order valence-electron chi connectivity index (χ1n) is 9.94. The number of nitrogens with one attached hydrogen (secondary N) is 1. The molecule has 0 radical (unpaired) electrons. The number of Topliss-reactive ketones (excluding diaryl/α,β-unsaturated/α-hetero) is 1. The van der Waals surface area contributed by atoms with Gasteiger partial charge in [0.05, 0.1) is 4.90 Å². The maximum absolute atomic E-state index is 13.7. The smallest absolute Gasteiger partial charge is 0.243 e. The Labute approximate surface area is 176 Å². The lowest BCUT2D eigenvalue weighted by molar-refractivity contribution is -0.125. The molecule has 1 aliphatic rings. The molecule has 0 bridgehead atoms. The predicted molar refractivity (Wildman–Crippen MR) is 111 cm³/mol. The number of benzene rings is 2. The Bertz CT molecular complexity index is 1020. The molecule has 1 fully saturated rings. The standard InChI is InChI=1S/C22H25FN2O4S/c1-16(26)17-9-11-19(12-10-17)30(28,29)25-15-5-4-8-21(25)22(27)24-14-13-18-6-2-3-7-20(18)23/h2-3,6-7,9-12,21H,4-5,8,13-15H2,1H3,(H,24,27). The molecule has 1 heterocycles. The molecular weight excluding hydrogens is 407 g/mol. The Morgan fingerprint density at radius 3 is 2.47 bits per heavy atom. The van der Waals surface area contributed by atoms with Gasteiger partial charge < -0.3 is 5.32 Å². The van der Waals surface area contributed by atoms with Crippen LogP contribution in [0.4, 0.5) is 4.39 Å². The molecule has 3 rings (SSSR count). The average molecular weight is 433 g/mol. The van der Waals surface area contributed by atoms with E-state index in [1.807, 2.05) is 0 Å². The third-order valence-corrected chi connectivity index (χ3v) is 7.20. The van der Waals surface area contributed by atoms with Crippen LogP contribution in [0.15, 0.2) is 53.4 Å². The summed E-state index contributed by atoms with van der Waals surface area (Å²) in [6.07, 6.45) is 2.17. The first-order valence-corrected chi connectivity index (χ1v) is 11.4. The summed E-state index contributed by atoms with van der Waals surface area (Å²) >= 11 is 0. The van der Waals surface area contributed by atoms with Crippen LogP contribution < -0.4 is 5.32 Å². The summed E-state index contributed by atoms with van der Waals surface area (Å²) in [5, 5.41) is 2.75. The summed E-state index contributed by atoms with van der Waals surface area (Å²) in [5.74, 6) is -0.860. The summed E-state index contributed by atoms with van der Waals surface area (Å²) in [6.45, 7) is 1.88. The number of piperidine rings is 1. The van der Waals surface area contributed by atoms with Crippen LogP contribution in [0, 0.1) is 5.82 Å². The molecule has 1 atom stereocenters. The van der Waals surface area contributed by atoms with E-state index in [1.165, 1.54) is 41.6 Å². The Hall–Kier alpha value is -2.58. The number of amides is 1. The van der Waals surface area contributed by atoms with Gasteiger partial charge >= 0.3 is 0 Å². The molecule has 6 nitrogen and oxygen atoms in total. The van der Waals surface area contributed by atoms with Crippen LogP contribution in [0.3, 0.4) is 0 Å². The third kappa shape index (κ3) is 4.94. The normalized spacial score (nSPS) is 17.5. The quantitative estimate of drug-likeness (QED) is 0.682. The third-order valence-electron chi connectivity index (χ3n) is 5.28. The fraction of sp³-hybridized carbons (Fsp3) is 0.364. The van der Waals surface area contributed by atoms with Gasteiger partial charge in [0.25, 0.3) is 0 Å². The van der Waals surface area contributed by atoms with Crippen LogP contribution in [0.5, 0.6) is 0 Å². The Morgan fingerprint density at radius 2 is 1.80 bits per heavy atom. The summed E-state index contributed by atoms with van der Waals surface area (Å²) in [4.78, 5) is 24.2. The van der Waals surface area contributed by atoms with Gasteiger partial charge in [0.15, 0.2) is 5.78 Å². The number of nitrogens with zero attached hydrogens (tertiary/aromatic N) is 1. The number of sulfonamides is 1. The summed E-state index contributed by atoms with van der Waals surface area (Å²) in [6, 6.07) is 11.3. The molecule has 1 saturated heterocycles. The highest BCUT2D eigenvalue weighted by Gasteiger charge is 2.37. The lowest BCUT2D eigenvalue weighted by Crippen LogP contribution is -2.52. The molecule has 0 spiro atoms. The predicted octanol–water partition coefficient (Wildman–Crippen LogP) is 2.93. The Kier molecular flexibility index (Phi) is 6.99. The number of rotatable bonds is 7. The molecule has 1 unspecified atom stereocenters. The second-order valence-electron chi connectivity index (χ2n) is 7.34. The number of carbonyl (C=O) groups is 2. The van der Waals surface area contributed by atoms with Gasteiger partial charge in [-0.25, -0.2) is 12.8 Å². The van der Waals surface area contributed by atoms with Gasteiger partial charge in [-0.2, -0.15) is 4.31 Å². The molecule has 2 aromatic carbocycles. The minimum Gasteiger partial charge on any atom is -0.354 e. The number of hydrogen-bond donors (Lipinski definition) is 1. The zero-order chi connectivity index (χ0) is 21.7. The molecule has 30 heavy (non-hydrogen) atoms.